The maximum atomic E-state index is 12.7. The summed E-state index contributed by atoms with van der Waals surface area (Å²) in [5.74, 6) is 0. The summed E-state index contributed by atoms with van der Waals surface area (Å²) in [4.78, 5) is -0.656. The fourth-order valence-electron chi connectivity index (χ4n) is 2.25. The molecule has 0 amide bonds. The number of aliphatic hydroxyl groups is 2. The van der Waals surface area contributed by atoms with E-state index in [1.54, 1.807) is 0 Å². The fourth-order valence-corrected chi connectivity index (χ4v) is 4.94. The van der Waals surface area contributed by atoms with Crippen molar-refractivity contribution in [2.24, 2.45) is 0 Å². The molecule has 0 unspecified atom stereocenters. The molecule has 0 aromatic heterocycles. The fraction of sp³-hybridized carbons (Fsp3) is 0.500. The Labute approximate surface area is 140 Å². The zero-order valence-corrected chi connectivity index (χ0v) is 13.8. The molecule has 1 heterocycles. The zero-order valence-electron chi connectivity index (χ0n) is 11.4. The third-order valence-electron chi connectivity index (χ3n) is 3.52. The minimum absolute atomic E-state index is 0.0153. The second-order valence-electron chi connectivity index (χ2n) is 5.24. The molecule has 1 atom stereocenters. The number of halogens is 5. The van der Waals surface area contributed by atoms with Crippen LogP contribution in [0, 0.1) is 0 Å². The van der Waals surface area contributed by atoms with Crippen molar-refractivity contribution in [3.63, 3.8) is 0 Å². The van der Waals surface area contributed by atoms with Crippen LogP contribution in [0.2, 0.25) is 10.0 Å². The van der Waals surface area contributed by atoms with E-state index in [-0.39, 0.29) is 13.0 Å². The van der Waals surface area contributed by atoms with Crippen LogP contribution in [0.4, 0.5) is 13.2 Å². The highest BCUT2D eigenvalue weighted by Crippen LogP contribution is 2.39. The smallest absolute Gasteiger partial charge is 0.393 e. The van der Waals surface area contributed by atoms with Crippen molar-refractivity contribution >= 4 is 33.2 Å². The Morgan fingerprint density at radius 1 is 1.26 bits per heavy atom. The average molecular weight is 394 g/mol. The van der Waals surface area contributed by atoms with Gasteiger partial charge in [0.1, 0.15) is 10.5 Å². The molecule has 1 aromatic carbocycles. The summed E-state index contributed by atoms with van der Waals surface area (Å²) in [6.07, 6.45) is -4.74. The summed E-state index contributed by atoms with van der Waals surface area (Å²) in [5, 5.41) is 17.6. The van der Waals surface area contributed by atoms with Crippen LogP contribution in [0.1, 0.15) is 12.0 Å². The number of hydrogen-bond acceptors (Lipinski definition) is 4. The number of β-amino-alcohol motifs (C(OH)–C–C–N with tert-alkyl or cyclic N) is 1. The molecule has 0 aliphatic carbocycles. The Morgan fingerprint density at radius 2 is 1.78 bits per heavy atom. The van der Waals surface area contributed by atoms with E-state index in [0.717, 1.165) is 4.31 Å². The van der Waals surface area contributed by atoms with Crippen LogP contribution in [0.15, 0.2) is 17.0 Å². The molecule has 5 nitrogen and oxygen atoms in total. The second kappa shape index (κ2) is 6.05. The quantitative estimate of drug-likeness (QED) is 0.824. The van der Waals surface area contributed by atoms with Gasteiger partial charge in [-0.3, -0.25) is 0 Å². The van der Waals surface area contributed by atoms with Crippen molar-refractivity contribution in [3.8, 4) is 0 Å². The van der Waals surface area contributed by atoms with E-state index in [0.29, 0.717) is 12.1 Å². The highest BCUT2D eigenvalue weighted by Gasteiger charge is 2.43. The van der Waals surface area contributed by atoms with Gasteiger partial charge in [0, 0.05) is 13.1 Å². The Morgan fingerprint density at radius 3 is 2.17 bits per heavy atom. The topological polar surface area (TPSA) is 77.8 Å². The Bertz CT molecular complexity index is 703. The first-order valence-electron chi connectivity index (χ1n) is 6.30. The lowest BCUT2D eigenvalue weighted by Gasteiger charge is -2.22. The van der Waals surface area contributed by atoms with Crippen LogP contribution < -0.4 is 0 Å². The molecule has 1 aliphatic rings. The van der Waals surface area contributed by atoms with Crippen LogP contribution in [0.25, 0.3) is 0 Å². The molecule has 23 heavy (non-hydrogen) atoms. The molecule has 0 spiro atoms. The third-order valence-corrected chi connectivity index (χ3v) is 6.28. The molecule has 1 aliphatic heterocycles. The van der Waals surface area contributed by atoms with E-state index in [4.69, 9.17) is 28.3 Å². The number of hydrogen-bond donors (Lipinski definition) is 2. The molecule has 0 radical (unpaired) electrons. The number of aliphatic hydroxyl groups excluding tert-OH is 1. The van der Waals surface area contributed by atoms with Crippen molar-refractivity contribution in [1.82, 2.24) is 4.31 Å². The first kappa shape index (κ1) is 18.8. The van der Waals surface area contributed by atoms with E-state index >= 15 is 0 Å². The Hall–Kier alpha value is -0.580. The lowest BCUT2D eigenvalue weighted by Crippen LogP contribution is -2.38. The predicted octanol–water partition coefficient (Wildman–Crippen LogP) is 2.13. The largest absolute Gasteiger partial charge is 0.416 e. The van der Waals surface area contributed by atoms with Gasteiger partial charge in [-0.2, -0.15) is 17.5 Å². The molecule has 1 fully saturated rings. The predicted molar refractivity (Wildman–Crippen MR) is 76.9 cm³/mol. The number of nitrogens with zero attached hydrogens (tertiary/aromatic N) is 1. The van der Waals surface area contributed by atoms with Crippen molar-refractivity contribution in [2.45, 2.75) is 23.1 Å². The first-order chi connectivity index (χ1) is 10.4. The number of benzene rings is 1. The summed E-state index contributed by atoms with van der Waals surface area (Å²) in [6.45, 7) is -1.17. The monoisotopic (exact) mass is 393 g/mol. The van der Waals surface area contributed by atoms with Crippen LogP contribution >= 0.6 is 23.2 Å². The summed E-state index contributed by atoms with van der Waals surface area (Å²) in [7, 11) is -4.31. The Kier molecular flexibility index (Phi) is 4.93. The molecule has 0 saturated carbocycles. The number of rotatable bonds is 3. The molecule has 2 N–H and O–H groups in total. The van der Waals surface area contributed by atoms with Gasteiger partial charge in [0.15, 0.2) is 0 Å². The van der Waals surface area contributed by atoms with Crippen LogP contribution in [-0.2, 0) is 16.2 Å². The number of sulfonamides is 1. The summed E-state index contributed by atoms with van der Waals surface area (Å²) >= 11 is 11.4. The number of alkyl halides is 3. The second-order valence-corrected chi connectivity index (χ2v) is 7.93. The molecule has 130 valence electrons. The van der Waals surface area contributed by atoms with E-state index in [1.165, 1.54) is 0 Å². The van der Waals surface area contributed by atoms with Gasteiger partial charge in [-0.25, -0.2) is 8.42 Å². The van der Waals surface area contributed by atoms with Crippen LogP contribution in [0.5, 0.6) is 0 Å². The highest BCUT2D eigenvalue weighted by molar-refractivity contribution is 7.89. The molecule has 2 rings (SSSR count). The molecule has 1 aromatic rings. The highest BCUT2D eigenvalue weighted by atomic mass is 35.5. The standard InChI is InChI=1S/C12H12Cl2F3NO4S/c13-8-3-7(12(15,16)17)4-9(14)10(8)23(21,22)18-2-1-11(20,5-18)6-19/h3-4,19-20H,1-2,5-6H2/t11-/m1/s1. The van der Waals surface area contributed by atoms with Gasteiger partial charge in [-0.15, -0.1) is 0 Å². The maximum Gasteiger partial charge on any atom is 0.416 e. The van der Waals surface area contributed by atoms with Gasteiger partial charge in [0.05, 0.1) is 22.2 Å². The normalized spacial score (nSPS) is 23.4. The molecular formula is C12H12Cl2F3NO4S. The summed E-state index contributed by atoms with van der Waals surface area (Å²) in [5.41, 5.74) is -2.77. The zero-order chi connectivity index (χ0) is 17.6. The van der Waals surface area contributed by atoms with E-state index < -0.39 is 55.5 Å². The van der Waals surface area contributed by atoms with Gasteiger partial charge in [-0.05, 0) is 18.6 Å². The van der Waals surface area contributed by atoms with Crippen LogP contribution in [0.3, 0.4) is 0 Å². The summed E-state index contributed by atoms with van der Waals surface area (Å²) in [6, 6.07) is 0.962. The first-order valence-corrected chi connectivity index (χ1v) is 8.50. The average Bonchev–Trinajstić information content (AvgIpc) is 2.81. The van der Waals surface area contributed by atoms with Crippen molar-refractivity contribution in [1.29, 1.82) is 0 Å². The SMILES string of the molecule is O=S(=O)(c1c(Cl)cc(C(F)(F)F)cc1Cl)N1CC[C@](O)(CO)C1. The Balaban J connectivity index is 2.46. The van der Waals surface area contributed by atoms with Crippen molar-refractivity contribution in [3.05, 3.63) is 27.7 Å². The van der Waals surface area contributed by atoms with Gasteiger partial charge in [0.25, 0.3) is 0 Å². The van der Waals surface area contributed by atoms with E-state index in [9.17, 15) is 26.7 Å². The molecular weight excluding hydrogens is 382 g/mol. The minimum atomic E-state index is -4.72. The van der Waals surface area contributed by atoms with Gasteiger partial charge in [-0.1, -0.05) is 23.2 Å². The molecule has 0 bridgehead atoms. The minimum Gasteiger partial charge on any atom is -0.393 e. The van der Waals surface area contributed by atoms with E-state index in [1.807, 2.05) is 0 Å². The van der Waals surface area contributed by atoms with Crippen molar-refractivity contribution in [2.75, 3.05) is 19.7 Å². The molecule has 11 heteroatoms. The molecule has 1 saturated heterocycles. The summed E-state index contributed by atoms with van der Waals surface area (Å²) < 4.78 is 63.9. The maximum absolute atomic E-state index is 12.7. The lowest BCUT2D eigenvalue weighted by atomic mass is 10.1. The van der Waals surface area contributed by atoms with Crippen LogP contribution in [-0.4, -0.2) is 48.2 Å². The van der Waals surface area contributed by atoms with Gasteiger partial charge in [0.2, 0.25) is 10.0 Å². The van der Waals surface area contributed by atoms with Gasteiger partial charge >= 0.3 is 6.18 Å². The lowest BCUT2D eigenvalue weighted by molar-refractivity contribution is -0.137. The van der Waals surface area contributed by atoms with Gasteiger partial charge < -0.3 is 10.2 Å². The van der Waals surface area contributed by atoms with Crippen molar-refractivity contribution < 1.29 is 31.8 Å². The third kappa shape index (κ3) is 3.59. The van der Waals surface area contributed by atoms with E-state index in [2.05, 4.69) is 0 Å².